The summed E-state index contributed by atoms with van der Waals surface area (Å²) in [6.07, 6.45) is 3.73. The van der Waals surface area contributed by atoms with Crippen LogP contribution in [0.3, 0.4) is 0 Å². The first-order valence-electron chi connectivity index (χ1n) is 5.64. The van der Waals surface area contributed by atoms with E-state index in [2.05, 4.69) is 11.4 Å². The van der Waals surface area contributed by atoms with E-state index in [-0.39, 0.29) is 11.9 Å². The maximum atomic E-state index is 12.9. The molecule has 1 atom stereocenters. The summed E-state index contributed by atoms with van der Waals surface area (Å²) in [5.74, 6) is 0.643. The van der Waals surface area contributed by atoms with Crippen molar-refractivity contribution in [1.82, 2.24) is 5.32 Å². The van der Waals surface area contributed by atoms with Gasteiger partial charge in [-0.3, -0.25) is 0 Å². The fraction of sp³-hybridized carbons (Fsp3) is 0.385. The lowest BCUT2D eigenvalue weighted by molar-refractivity contribution is 0.217. The molecule has 0 amide bonds. The van der Waals surface area contributed by atoms with Crippen LogP contribution in [0.4, 0.5) is 4.39 Å². The van der Waals surface area contributed by atoms with E-state index in [1.54, 1.807) is 6.07 Å². The van der Waals surface area contributed by atoms with Gasteiger partial charge in [0.05, 0.1) is 12.6 Å². The molecule has 0 aliphatic carbocycles. The smallest absolute Gasteiger partial charge is 0.124 e. The van der Waals surface area contributed by atoms with Crippen LogP contribution in [0.5, 0.6) is 0 Å². The number of halogens is 2. The Balaban J connectivity index is 2.12. The summed E-state index contributed by atoms with van der Waals surface area (Å²) in [7, 11) is 1.88. The molecule has 0 fully saturated rings. The van der Waals surface area contributed by atoms with E-state index >= 15 is 0 Å². The second kappa shape index (κ2) is 5.52. The Morgan fingerprint density at radius 2 is 2.35 bits per heavy atom. The molecule has 0 saturated heterocycles. The molecule has 1 heterocycles. The first-order valence-corrected chi connectivity index (χ1v) is 6.02. The topological polar surface area (TPSA) is 21.3 Å². The molecule has 17 heavy (non-hydrogen) atoms. The van der Waals surface area contributed by atoms with Crippen LogP contribution < -0.4 is 5.32 Å². The molecule has 2 nitrogen and oxygen atoms in total. The summed E-state index contributed by atoms with van der Waals surface area (Å²) in [5, 5.41) is 3.65. The lowest BCUT2D eigenvalue weighted by Crippen LogP contribution is -2.30. The van der Waals surface area contributed by atoms with Crippen molar-refractivity contribution in [2.24, 2.45) is 0 Å². The third-order valence-corrected chi connectivity index (χ3v) is 3.22. The van der Waals surface area contributed by atoms with E-state index in [9.17, 15) is 4.39 Å². The van der Waals surface area contributed by atoms with E-state index < -0.39 is 0 Å². The van der Waals surface area contributed by atoms with E-state index in [0.717, 1.165) is 24.4 Å². The van der Waals surface area contributed by atoms with Crippen molar-refractivity contribution >= 4 is 11.6 Å². The molecule has 2 rings (SSSR count). The minimum atomic E-state index is -0.309. The van der Waals surface area contributed by atoms with Crippen LogP contribution in [0.2, 0.25) is 5.02 Å². The van der Waals surface area contributed by atoms with Gasteiger partial charge in [0.15, 0.2) is 0 Å². The average molecular weight is 256 g/mol. The monoisotopic (exact) mass is 255 g/mol. The van der Waals surface area contributed by atoms with Gasteiger partial charge in [-0.25, -0.2) is 4.39 Å². The Morgan fingerprint density at radius 3 is 2.94 bits per heavy atom. The number of rotatable bonds is 4. The van der Waals surface area contributed by atoms with Crippen molar-refractivity contribution in [3.8, 4) is 0 Å². The molecule has 1 aliphatic heterocycles. The Labute approximate surface area is 105 Å². The third-order valence-electron chi connectivity index (χ3n) is 2.86. The second-order valence-corrected chi connectivity index (χ2v) is 4.43. The van der Waals surface area contributed by atoms with Crippen LogP contribution in [0.1, 0.15) is 12.0 Å². The number of hydrogen-bond acceptors (Lipinski definition) is 2. The predicted molar refractivity (Wildman–Crippen MR) is 66.6 cm³/mol. The van der Waals surface area contributed by atoms with Crippen LogP contribution in [0, 0.1) is 5.82 Å². The number of ether oxygens (including phenoxy) is 1. The minimum absolute atomic E-state index is 0.0976. The zero-order chi connectivity index (χ0) is 12.3. The Bertz CT molecular complexity index is 433. The molecule has 1 unspecified atom stereocenters. The van der Waals surface area contributed by atoms with Gasteiger partial charge < -0.3 is 10.1 Å². The first kappa shape index (κ1) is 12.4. The van der Waals surface area contributed by atoms with Crippen LogP contribution in [0.25, 0.3) is 0 Å². The Kier molecular flexibility index (Phi) is 4.02. The predicted octanol–water partition coefficient (Wildman–Crippen LogP) is 2.91. The highest BCUT2D eigenvalue weighted by atomic mass is 35.5. The highest BCUT2D eigenvalue weighted by molar-refractivity contribution is 6.31. The summed E-state index contributed by atoms with van der Waals surface area (Å²) in [6.45, 7) is 0.741. The van der Waals surface area contributed by atoms with Gasteiger partial charge in [-0.2, -0.15) is 0 Å². The van der Waals surface area contributed by atoms with Crippen molar-refractivity contribution < 1.29 is 9.13 Å². The molecule has 4 heteroatoms. The molecule has 1 N–H and O–H groups in total. The number of nitrogens with one attached hydrogen (secondary N) is 1. The lowest BCUT2D eigenvalue weighted by atomic mass is 10.0. The van der Waals surface area contributed by atoms with E-state index in [1.807, 2.05) is 7.05 Å². The summed E-state index contributed by atoms with van der Waals surface area (Å²) in [6, 6.07) is 4.59. The molecule has 0 radical (unpaired) electrons. The van der Waals surface area contributed by atoms with Gasteiger partial charge in [0.25, 0.3) is 0 Å². The van der Waals surface area contributed by atoms with Gasteiger partial charge in [0.2, 0.25) is 0 Å². The summed E-state index contributed by atoms with van der Waals surface area (Å²) in [5.41, 5.74) is 0.920. The van der Waals surface area contributed by atoms with Gasteiger partial charge in [0, 0.05) is 11.4 Å². The van der Waals surface area contributed by atoms with Gasteiger partial charge in [-0.15, -0.1) is 0 Å². The maximum absolute atomic E-state index is 12.9. The van der Waals surface area contributed by atoms with Crippen molar-refractivity contribution in [3.05, 3.63) is 46.4 Å². The molecule has 1 aromatic rings. The quantitative estimate of drug-likeness (QED) is 0.893. The van der Waals surface area contributed by atoms with Crippen LogP contribution in [-0.4, -0.2) is 19.7 Å². The van der Waals surface area contributed by atoms with Gasteiger partial charge in [-0.05, 0) is 37.2 Å². The van der Waals surface area contributed by atoms with Crippen molar-refractivity contribution in [2.45, 2.75) is 18.9 Å². The van der Waals surface area contributed by atoms with E-state index in [1.165, 1.54) is 12.1 Å². The molecule has 92 valence electrons. The van der Waals surface area contributed by atoms with Crippen molar-refractivity contribution in [2.75, 3.05) is 13.7 Å². The first-order chi connectivity index (χ1) is 8.20. The third kappa shape index (κ3) is 2.99. The molecular formula is C13H15ClFNO. The standard InChI is InChI=1S/C13H15ClFNO/c1-16-12(13-3-2-6-17-13)7-9-4-5-10(15)8-11(9)14/h3-5,8,12,16H,2,6-7H2,1H3. The summed E-state index contributed by atoms with van der Waals surface area (Å²) in [4.78, 5) is 0. The zero-order valence-corrected chi connectivity index (χ0v) is 10.4. The number of benzene rings is 1. The van der Waals surface area contributed by atoms with E-state index in [0.29, 0.717) is 11.4 Å². The van der Waals surface area contributed by atoms with Gasteiger partial charge in [0.1, 0.15) is 11.6 Å². The normalized spacial score (nSPS) is 16.5. The lowest BCUT2D eigenvalue weighted by Gasteiger charge is -2.18. The highest BCUT2D eigenvalue weighted by Crippen LogP contribution is 2.22. The zero-order valence-electron chi connectivity index (χ0n) is 9.67. The summed E-state index contributed by atoms with van der Waals surface area (Å²) < 4.78 is 18.5. The van der Waals surface area contributed by atoms with Crippen LogP contribution >= 0.6 is 11.6 Å². The second-order valence-electron chi connectivity index (χ2n) is 4.02. The van der Waals surface area contributed by atoms with Crippen LogP contribution in [-0.2, 0) is 11.2 Å². The molecule has 1 aliphatic rings. The maximum Gasteiger partial charge on any atom is 0.124 e. The summed E-state index contributed by atoms with van der Waals surface area (Å²) >= 11 is 6.01. The Morgan fingerprint density at radius 1 is 1.53 bits per heavy atom. The number of hydrogen-bond donors (Lipinski definition) is 1. The van der Waals surface area contributed by atoms with Gasteiger partial charge >= 0.3 is 0 Å². The minimum Gasteiger partial charge on any atom is -0.496 e. The van der Waals surface area contributed by atoms with Crippen LogP contribution in [0.15, 0.2) is 30.0 Å². The fourth-order valence-corrected chi connectivity index (χ4v) is 2.18. The molecule has 0 saturated carbocycles. The fourth-order valence-electron chi connectivity index (χ4n) is 1.93. The largest absolute Gasteiger partial charge is 0.496 e. The molecular weight excluding hydrogens is 241 g/mol. The number of likely N-dealkylation sites (N-methyl/N-ethyl adjacent to an activating group) is 1. The van der Waals surface area contributed by atoms with E-state index in [4.69, 9.17) is 16.3 Å². The SMILES string of the molecule is CNC(Cc1ccc(F)cc1Cl)C1=CCCO1. The average Bonchev–Trinajstić information content (AvgIpc) is 2.81. The Hall–Kier alpha value is -1.06. The van der Waals surface area contributed by atoms with Crippen molar-refractivity contribution in [3.63, 3.8) is 0 Å². The van der Waals surface area contributed by atoms with Crippen molar-refractivity contribution in [1.29, 1.82) is 0 Å². The highest BCUT2D eigenvalue weighted by Gasteiger charge is 2.18. The molecule has 1 aromatic carbocycles. The molecule has 0 spiro atoms. The van der Waals surface area contributed by atoms with Gasteiger partial charge in [-0.1, -0.05) is 17.7 Å². The molecule has 0 aromatic heterocycles. The molecule has 0 bridgehead atoms.